The Hall–Kier alpha value is -2.31. The first-order chi connectivity index (χ1) is 12.9. The van der Waals surface area contributed by atoms with Crippen molar-refractivity contribution in [3.05, 3.63) is 88.4 Å². The molecular formula is C21H20BrF2NO2. The largest absolute Gasteiger partial charge is 0.468 e. The number of allylic oxidation sites excluding steroid dienone is 1. The minimum Gasteiger partial charge on any atom is -0.468 e. The van der Waals surface area contributed by atoms with Crippen LogP contribution in [0.1, 0.15) is 22.8 Å². The fourth-order valence-electron chi connectivity index (χ4n) is 2.43. The third-order valence-electron chi connectivity index (χ3n) is 3.83. The van der Waals surface area contributed by atoms with E-state index in [0.29, 0.717) is 6.54 Å². The lowest BCUT2D eigenvalue weighted by Crippen LogP contribution is -2.35. The van der Waals surface area contributed by atoms with Crippen LogP contribution in [0, 0.1) is 11.6 Å². The molecule has 27 heavy (non-hydrogen) atoms. The van der Waals surface area contributed by atoms with E-state index in [1.165, 1.54) is 0 Å². The van der Waals surface area contributed by atoms with Gasteiger partial charge in [0.2, 0.25) is 0 Å². The maximum atomic E-state index is 14.5. The molecule has 0 amide bonds. The van der Waals surface area contributed by atoms with E-state index < -0.39 is 23.6 Å². The molecule has 0 bridgehead atoms. The zero-order valence-electron chi connectivity index (χ0n) is 15.1. The third-order valence-corrected chi connectivity index (χ3v) is 4.36. The minimum atomic E-state index is -0.843. The molecular weight excluding hydrogens is 416 g/mol. The van der Waals surface area contributed by atoms with E-state index in [1.54, 1.807) is 61.4 Å². The van der Waals surface area contributed by atoms with Crippen LogP contribution in [0.2, 0.25) is 0 Å². The molecule has 1 unspecified atom stereocenters. The molecule has 0 aliphatic carbocycles. The predicted octanol–water partition coefficient (Wildman–Crippen LogP) is 5.36. The summed E-state index contributed by atoms with van der Waals surface area (Å²) in [4.78, 5) is 14.2. The van der Waals surface area contributed by atoms with E-state index in [0.717, 1.165) is 16.6 Å². The molecule has 0 aromatic heterocycles. The van der Waals surface area contributed by atoms with Crippen LogP contribution in [0.25, 0.3) is 0 Å². The highest BCUT2D eigenvalue weighted by molar-refractivity contribution is 9.10. The van der Waals surface area contributed by atoms with Crippen LogP contribution >= 0.6 is 15.9 Å². The Morgan fingerprint density at radius 3 is 2.52 bits per heavy atom. The van der Waals surface area contributed by atoms with Crippen molar-refractivity contribution in [3.63, 3.8) is 0 Å². The number of nitrogens with zero attached hydrogens (tertiary/aromatic N) is 1. The van der Waals surface area contributed by atoms with Gasteiger partial charge in [-0.15, -0.1) is 6.58 Å². The summed E-state index contributed by atoms with van der Waals surface area (Å²) >= 11 is 3.27. The lowest BCUT2D eigenvalue weighted by molar-refractivity contribution is 0.0899. The fourth-order valence-corrected chi connectivity index (χ4v) is 2.69. The number of carbonyl (C=O) groups excluding carboxylic acids is 1. The van der Waals surface area contributed by atoms with Crippen molar-refractivity contribution in [2.45, 2.75) is 13.2 Å². The van der Waals surface area contributed by atoms with E-state index in [2.05, 4.69) is 22.5 Å². The summed E-state index contributed by atoms with van der Waals surface area (Å²) in [6.45, 7) is 5.95. The molecule has 0 N–H and O–H groups in total. The van der Waals surface area contributed by atoms with E-state index in [-0.39, 0.29) is 16.9 Å². The van der Waals surface area contributed by atoms with Gasteiger partial charge < -0.3 is 4.74 Å². The molecule has 0 saturated heterocycles. The lowest BCUT2D eigenvalue weighted by Gasteiger charge is -2.25. The Morgan fingerprint density at radius 2 is 1.93 bits per heavy atom. The molecule has 2 aromatic rings. The Kier molecular flexibility index (Phi) is 7.45. The van der Waals surface area contributed by atoms with Gasteiger partial charge in [-0.2, -0.15) is 0 Å². The molecule has 0 aliphatic heterocycles. The van der Waals surface area contributed by atoms with E-state index in [1.807, 2.05) is 0 Å². The van der Waals surface area contributed by atoms with Crippen LogP contribution in [0.4, 0.5) is 8.78 Å². The second-order valence-electron chi connectivity index (χ2n) is 5.86. The zero-order chi connectivity index (χ0) is 20.0. The average Bonchev–Trinajstić information content (AvgIpc) is 2.64. The first kappa shape index (κ1) is 21.0. The van der Waals surface area contributed by atoms with Crippen molar-refractivity contribution in [1.82, 2.24) is 4.90 Å². The normalized spacial score (nSPS) is 12.4. The Balaban J connectivity index is 2.31. The molecule has 0 spiro atoms. The van der Waals surface area contributed by atoms with Crippen LogP contribution in [0.3, 0.4) is 0 Å². The average molecular weight is 436 g/mol. The topological polar surface area (TPSA) is 29.5 Å². The van der Waals surface area contributed by atoms with Crippen molar-refractivity contribution in [2.75, 3.05) is 13.6 Å². The van der Waals surface area contributed by atoms with Crippen molar-refractivity contribution >= 4 is 21.7 Å². The van der Waals surface area contributed by atoms with Gasteiger partial charge in [0.15, 0.2) is 23.6 Å². The molecule has 2 rings (SSSR count). The van der Waals surface area contributed by atoms with Gasteiger partial charge in [0.05, 0.1) is 5.56 Å². The number of ketones is 1. The highest BCUT2D eigenvalue weighted by Crippen LogP contribution is 2.25. The van der Waals surface area contributed by atoms with Gasteiger partial charge in [-0.3, -0.25) is 9.69 Å². The second-order valence-corrected chi connectivity index (χ2v) is 6.78. The molecule has 0 radical (unpaired) electrons. The first-order valence-corrected chi connectivity index (χ1v) is 9.06. The number of carbonyl (C=O) groups is 1. The Morgan fingerprint density at radius 1 is 1.26 bits per heavy atom. The highest BCUT2D eigenvalue weighted by Gasteiger charge is 2.21. The van der Waals surface area contributed by atoms with E-state index in [4.69, 9.17) is 4.74 Å². The lowest BCUT2D eigenvalue weighted by atomic mass is 10.0. The van der Waals surface area contributed by atoms with E-state index >= 15 is 0 Å². The number of rotatable bonds is 8. The molecule has 142 valence electrons. The maximum absolute atomic E-state index is 14.5. The quantitative estimate of drug-likeness (QED) is 0.317. The van der Waals surface area contributed by atoms with Gasteiger partial charge in [-0.1, -0.05) is 28.1 Å². The summed E-state index contributed by atoms with van der Waals surface area (Å²) in [5, 5.41) is 0. The van der Waals surface area contributed by atoms with Crippen molar-refractivity contribution in [2.24, 2.45) is 0 Å². The van der Waals surface area contributed by atoms with Crippen LogP contribution in [0.5, 0.6) is 5.75 Å². The van der Waals surface area contributed by atoms with Crippen molar-refractivity contribution in [3.8, 4) is 5.75 Å². The molecule has 6 heteroatoms. The standard InChI is InChI=1S/C21H20BrF2NO2/c1-4-6-20(25(3)11-5-2)27-19-13-17(23)16(12-18(19)24)21(26)14-7-9-15(22)10-8-14/h4-10,12-13,20H,2,11H2,1,3H3/b6-4+. The molecule has 0 saturated carbocycles. The molecule has 0 heterocycles. The predicted molar refractivity (Wildman–Crippen MR) is 106 cm³/mol. The maximum Gasteiger partial charge on any atom is 0.196 e. The number of likely N-dealkylation sites (N-methyl/N-ethyl adjacent to an activating group) is 1. The minimum absolute atomic E-state index is 0.265. The van der Waals surface area contributed by atoms with Crippen LogP contribution < -0.4 is 4.74 Å². The highest BCUT2D eigenvalue weighted by atomic mass is 79.9. The van der Waals surface area contributed by atoms with Gasteiger partial charge in [-0.25, -0.2) is 8.78 Å². The van der Waals surface area contributed by atoms with Gasteiger partial charge >= 0.3 is 0 Å². The Bertz CT molecular complexity index is 850. The molecule has 0 fully saturated rings. The fraction of sp³-hybridized carbons (Fsp3) is 0.190. The van der Waals surface area contributed by atoms with E-state index in [9.17, 15) is 13.6 Å². The van der Waals surface area contributed by atoms with Gasteiger partial charge in [0.25, 0.3) is 0 Å². The summed E-state index contributed by atoms with van der Waals surface area (Å²) < 4.78 is 35.4. The molecule has 0 aliphatic rings. The van der Waals surface area contributed by atoms with Crippen LogP contribution in [-0.2, 0) is 0 Å². The molecule has 2 aromatic carbocycles. The summed E-state index contributed by atoms with van der Waals surface area (Å²) in [6, 6.07) is 8.18. The summed E-state index contributed by atoms with van der Waals surface area (Å²) in [5.41, 5.74) is -0.0770. The smallest absolute Gasteiger partial charge is 0.196 e. The van der Waals surface area contributed by atoms with Crippen LogP contribution in [0.15, 0.2) is 65.7 Å². The van der Waals surface area contributed by atoms with Crippen molar-refractivity contribution < 1.29 is 18.3 Å². The summed E-state index contributed by atoms with van der Waals surface area (Å²) in [6.07, 6.45) is 4.54. The first-order valence-electron chi connectivity index (χ1n) is 8.27. The number of benzene rings is 2. The van der Waals surface area contributed by atoms with Gasteiger partial charge in [0.1, 0.15) is 5.82 Å². The number of hydrogen-bond acceptors (Lipinski definition) is 3. The molecule has 1 atom stereocenters. The number of ether oxygens (including phenoxy) is 1. The van der Waals surface area contributed by atoms with Gasteiger partial charge in [-0.05, 0) is 50.4 Å². The van der Waals surface area contributed by atoms with Crippen molar-refractivity contribution in [1.29, 1.82) is 0 Å². The van der Waals surface area contributed by atoms with Crippen LogP contribution in [-0.4, -0.2) is 30.5 Å². The van der Waals surface area contributed by atoms with Gasteiger partial charge in [0, 0.05) is 22.6 Å². The third kappa shape index (κ3) is 5.34. The monoisotopic (exact) mass is 435 g/mol. The summed E-state index contributed by atoms with van der Waals surface area (Å²) in [7, 11) is 1.77. The number of hydrogen-bond donors (Lipinski definition) is 0. The SMILES string of the molecule is C=CCN(C)C(/C=C/C)Oc1cc(F)c(C(=O)c2ccc(Br)cc2)cc1F. The second kappa shape index (κ2) is 9.58. The summed E-state index contributed by atoms with van der Waals surface area (Å²) in [5.74, 6) is -2.51. The number of halogens is 3. The molecule has 3 nitrogen and oxygen atoms in total. The zero-order valence-corrected chi connectivity index (χ0v) is 16.7. The Labute approximate surface area is 166 Å².